The molecule has 0 aromatic carbocycles. The molecule has 2 aliphatic rings. The highest BCUT2D eigenvalue weighted by Crippen LogP contribution is 2.26. The molecule has 0 aliphatic carbocycles. The largest absolute Gasteiger partial charge is 0.373 e. The lowest BCUT2D eigenvalue weighted by Crippen LogP contribution is -2.47. The van der Waals surface area contributed by atoms with E-state index in [1.165, 1.54) is 0 Å². The van der Waals surface area contributed by atoms with Crippen LogP contribution in [0, 0.1) is 0 Å². The van der Waals surface area contributed by atoms with Gasteiger partial charge in [-0.1, -0.05) is 0 Å². The van der Waals surface area contributed by atoms with Crippen LogP contribution >= 0.6 is 0 Å². The zero-order valence-electron chi connectivity index (χ0n) is 9.95. The first-order valence-electron chi connectivity index (χ1n) is 5.70. The monoisotopic (exact) mass is 226 g/mol. The standard InChI is InChI=1S/C11H18N2O3/c1-7-4-5-8(16-7)6-13-10(15)12-9(14)11(13,2)3/h7-8H,4-6H2,1-3H3,(H,12,14,15). The van der Waals surface area contributed by atoms with Gasteiger partial charge in [-0.05, 0) is 33.6 Å². The second-order valence-corrected chi connectivity index (χ2v) is 5.07. The normalized spacial score (nSPS) is 33.3. The number of nitrogens with one attached hydrogen (secondary N) is 1. The van der Waals surface area contributed by atoms with E-state index in [-0.39, 0.29) is 24.1 Å². The molecule has 16 heavy (non-hydrogen) atoms. The third-order valence-electron chi connectivity index (χ3n) is 3.40. The maximum Gasteiger partial charge on any atom is 0.325 e. The predicted octanol–water partition coefficient (Wildman–Crippen LogP) is 0.884. The summed E-state index contributed by atoms with van der Waals surface area (Å²) in [6, 6.07) is -0.307. The third kappa shape index (κ3) is 1.80. The first-order valence-corrected chi connectivity index (χ1v) is 5.70. The number of amides is 3. The number of rotatable bonds is 2. The van der Waals surface area contributed by atoms with E-state index in [1.54, 1.807) is 18.7 Å². The Kier molecular flexibility index (Phi) is 2.66. The topological polar surface area (TPSA) is 58.6 Å². The first-order chi connectivity index (χ1) is 7.41. The molecule has 0 aromatic rings. The Hall–Kier alpha value is -1.10. The van der Waals surface area contributed by atoms with Crippen molar-refractivity contribution in [2.24, 2.45) is 0 Å². The summed E-state index contributed by atoms with van der Waals surface area (Å²) < 4.78 is 5.67. The zero-order valence-corrected chi connectivity index (χ0v) is 9.95. The molecule has 0 spiro atoms. The minimum Gasteiger partial charge on any atom is -0.373 e. The van der Waals surface area contributed by atoms with Gasteiger partial charge in [-0.2, -0.15) is 0 Å². The second kappa shape index (κ2) is 3.73. The van der Waals surface area contributed by atoms with Crippen LogP contribution in [0.3, 0.4) is 0 Å². The molecule has 2 aliphatic heterocycles. The van der Waals surface area contributed by atoms with E-state index in [4.69, 9.17) is 4.74 Å². The van der Waals surface area contributed by atoms with Crippen molar-refractivity contribution in [1.29, 1.82) is 0 Å². The molecule has 3 amide bonds. The van der Waals surface area contributed by atoms with Gasteiger partial charge in [0.25, 0.3) is 5.91 Å². The number of nitrogens with zero attached hydrogens (tertiary/aromatic N) is 1. The van der Waals surface area contributed by atoms with Crippen molar-refractivity contribution in [2.45, 2.75) is 51.4 Å². The zero-order chi connectivity index (χ0) is 11.9. The van der Waals surface area contributed by atoms with E-state index in [2.05, 4.69) is 5.32 Å². The van der Waals surface area contributed by atoms with Gasteiger partial charge in [-0.25, -0.2) is 4.79 Å². The molecule has 5 heteroatoms. The molecule has 2 heterocycles. The molecule has 0 radical (unpaired) electrons. The molecule has 2 unspecified atom stereocenters. The molecule has 5 nitrogen and oxygen atoms in total. The highest BCUT2D eigenvalue weighted by molar-refractivity contribution is 6.06. The van der Waals surface area contributed by atoms with E-state index < -0.39 is 5.54 Å². The summed E-state index contributed by atoms with van der Waals surface area (Å²) in [6.07, 6.45) is 2.30. The number of hydrogen-bond acceptors (Lipinski definition) is 3. The smallest absolute Gasteiger partial charge is 0.325 e. The molecular formula is C11H18N2O3. The van der Waals surface area contributed by atoms with E-state index in [9.17, 15) is 9.59 Å². The van der Waals surface area contributed by atoms with Gasteiger partial charge in [0.1, 0.15) is 5.54 Å². The van der Waals surface area contributed by atoms with Crippen LogP contribution in [0.2, 0.25) is 0 Å². The Bertz CT molecular complexity index is 327. The summed E-state index contributed by atoms with van der Waals surface area (Å²) in [5.41, 5.74) is -0.758. The van der Waals surface area contributed by atoms with Crippen LogP contribution in [0.25, 0.3) is 0 Å². The van der Waals surface area contributed by atoms with Gasteiger partial charge in [0.15, 0.2) is 0 Å². The van der Waals surface area contributed by atoms with Crippen molar-refractivity contribution in [3.05, 3.63) is 0 Å². The highest BCUT2D eigenvalue weighted by atomic mass is 16.5. The summed E-state index contributed by atoms with van der Waals surface area (Å²) in [7, 11) is 0. The van der Waals surface area contributed by atoms with Crippen LogP contribution in [0.1, 0.15) is 33.6 Å². The first kappa shape index (κ1) is 11.4. The van der Waals surface area contributed by atoms with Crippen molar-refractivity contribution in [3.63, 3.8) is 0 Å². The molecule has 2 atom stereocenters. The van der Waals surface area contributed by atoms with Gasteiger partial charge in [-0.3, -0.25) is 10.1 Å². The van der Waals surface area contributed by atoms with Gasteiger partial charge < -0.3 is 9.64 Å². The Balaban J connectivity index is 2.04. The minimum atomic E-state index is -0.758. The maximum atomic E-state index is 11.6. The molecule has 2 saturated heterocycles. The molecule has 0 bridgehead atoms. The average molecular weight is 226 g/mol. The fraction of sp³-hybridized carbons (Fsp3) is 0.818. The number of carbonyl (C=O) groups is 2. The van der Waals surface area contributed by atoms with E-state index in [1.807, 2.05) is 6.92 Å². The van der Waals surface area contributed by atoms with Crippen molar-refractivity contribution >= 4 is 11.9 Å². The summed E-state index contributed by atoms with van der Waals surface area (Å²) in [5, 5.41) is 2.33. The average Bonchev–Trinajstić information content (AvgIpc) is 2.66. The molecule has 0 saturated carbocycles. The minimum absolute atomic E-state index is 0.0610. The fourth-order valence-electron chi connectivity index (χ4n) is 2.23. The SMILES string of the molecule is CC1CCC(CN2C(=O)NC(=O)C2(C)C)O1. The summed E-state index contributed by atoms with van der Waals surface area (Å²) in [5.74, 6) is -0.233. The van der Waals surface area contributed by atoms with Crippen LogP contribution in [-0.2, 0) is 9.53 Å². The number of imide groups is 1. The highest BCUT2D eigenvalue weighted by Gasteiger charge is 2.46. The Morgan fingerprint density at radius 3 is 2.56 bits per heavy atom. The van der Waals surface area contributed by atoms with Crippen LogP contribution in [-0.4, -0.2) is 41.1 Å². The number of carbonyl (C=O) groups excluding carboxylic acids is 2. The molecular weight excluding hydrogens is 208 g/mol. The molecule has 1 N–H and O–H groups in total. The summed E-state index contributed by atoms with van der Waals surface area (Å²) >= 11 is 0. The Morgan fingerprint density at radius 1 is 1.44 bits per heavy atom. The molecule has 2 rings (SSSR count). The van der Waals surface area contributed by atoms with E-state index >= 15 is 0 Å². The van der Waals surface area contributed by atoms with Crippen LogP contribution in [0.5, 0.6) is 0 Å². The summed E-state index contributed by atoms with van der Waals surface area (Å²) in [4.78, 5) is 24.7. The maximum absolute atomic E-state index is 11.6. The van der Waals surface area contributed by atoms with Gasteiger partial charge in [0.05, 0.1) is 12.2 Å². The predicted molar refractivity (Wildman–Crippen MR) is 57.9 cm³/mol. The number of urea groups is 1. The van der Waals surface area contributed by atoms with Crippen molar-refractivity contribution in [3.8, 4) is 0 Å². The van der Waals surface area contributed by atoms with Crippen molar-refractivity contribution < 1.29 is 14.3 Å². The lowest BCUT2D eigenvalue weighted by atomic mass is 10.0. The van der Waals surface area contributed by atoms with Crippen LogP contribution < -0.4 is 5.32 Å². The molecule has 0 aromatic heterocycles. The van der Waals surface area contributed by atoms with Crippen LogP contribution in [0.4, 0.5) is 4.79 Å². The fourth-order valence-corrected chi connectivity index (χ4v) is 2.23. The Morgan fingerprint density at radius 2 is 2.12 bits per heavy atom. The molecule has 2 fully saturated rings. The van der Waals surface area contributed by atoms with Crippen molar-refractivity contribution in [2.75, 3.05) is 6.54 Å². The van der Waals surface area contributed by atoms with Crippen molar-refractivity contribution in [1.82, 2.24) is 10.2 Å². The van der Waals surface area contributed by atoms with Crippen LogP contribution in [0.15, 0.2) is 0 Å². The van der Waals surface area contributed by atoms with Gasteiger partial charge in [0.2, 0.25) is 0 Å². The number of ether oxygens (including phenoxy) is 1. The lowest BCUT2D eigenvalue weighted by molar-refractivity contribution is -0.125. The van der Waals surface area contributed by atoms with E-state index in [0.717, 1.165) is 12.8 Å². The molecule has 90 valence electrons. The third-order valence-corrected chi connectivity index (χ3v) is 3.40. The van der Waals surface area contributed by atoms with Gasteiger partial charge in [0, 0.05) is 6.54 Å². The van der Waals surface area contributed by atoms with Gasteiger partial charge >= 0.3 is 6.03 Å². The lowest BCUT2D eigenvalue weighted by Gasteiger charge is -2.30. The summed E-state index contributed by atoms with van der Waals surface area (Å²) in [6.45, 7) is 6.03. The number of hydrogen-bond donors (Lipinski definition) is 1. The second-order valence-electron chi connectivity index (χ2n) is 5.07. The Labute approximate surface area is 95.1 Å². The quantitative estimate of drug-likeness (QED) is 0.711. The van der Waals surface area contributed by atoms with E-state index in [0.29, 0.717) is 6.54 Å². The van der Waals surface area contributed by atoms with Gasteiger partial charge in [-0.15, -0.1) is 0 Å².